The van der Waals surface area contributed by atoms with Crippen LogP contribution in [0.2, 0.25) is 0 Å². The van der Waals surface area contributed by atoms with E-state index in [4.69, 9.17) is 11.6 Å². The summed E-state index contributed by atoms with van der Waals surface area (Å²) in [7, 11) is 0. The first-order valence-corrected chi connectivity index (χ1v) is 4.53. The van der Waals surface area contributed by atoms with Crippen LogP contribution in [-0.2, 0) is 0 Å². The summed E-state index contributed by atoms with van der Waals surface area (Å²) < 4.78 is 0. The van der Waals surface area contributed by atoms with Crippen LogP contribution in [-0.4, -0.2) is 18.0 Å². The van der Waals surface area contributed by atoms with Crippen molar-refractivity contribution < 1.29 is 0 Å². The van der Waals surface area contributed by atoms with Crippen molar-refractivity contribution in [2.45, 2.75) is 39.2 Å². The second kappa shape index (κ2) is 4.97. The Bertz CT molecular complexity index is 77.3. The van der Waals surface area contributed by atoms with Crippen LogP contribution in [0.4, 0.5) is 0 Å². The quantitative estimate of drug-likeness (QED) is 0.614. The second-order valence-corrected chi connectivity index (χ2v) is 3.26. The Hall–Kier alpha value is 0.250. The summed E-state index contributed by atoms with van der Waals surface area (Å²) >= 11 is 5.66. The summed E-state index contributed by atoms with van der Waals surface area (Å²) in [4.78, 5) is 0. The van der Waals surface area contributed by atoms with Crippen LogP contribution >= 0.6 is 11.6 Å². The fraction of sp³-hybridized carbons (Fsp3) is 1.00. The number of rotatable bonds is 5. The molecule has 0 aliphatic heterocycles. The lowest BCUT2D eigenvalue weighted by Gasteiger charge is -2.28. The van der Waals surface area contributed by atoms with Gasteiger partial charge >= 0.3 is 0 Å². The zero-order valence-electron chi connectivity index (χ0n) is 7.21. The molecule has 1 unspecified atom stereocenters. The largest absolute Gasteiger partial charge is 0.312 e. The van der Waals surface area contributed by atoms with E-state index in [9.17, 15) is 0 Å². The van der Waals surface area contributed by atoms with Crippen molar-refractivity contribution in [3.8, 4) is 0 Å². The van der Waals surface area contributed by atoms with E-state index in [1.54, 1.807) is 0 Å². The Kier molecular flexibility index (Phi) is 5.10. The number of hydrogen-bond donors (Lipinski definition) is 1. The Morgan fingerprint density at radius 1 is 1.40 bits per heavy atom. The highest BCUT2D eigenvalue weighted by atomic mass is 35.5. The summed E-state index contributed by atoms with van der Waals surface area (Å²) in [6.45, 7) is 7.57. The van der Waals surface area contributed by atoms with Crippen molar-refractivity contribution in [1.82, 2.24) is 5.32 Å². The van der Waals surface area contributed by atoms with Crippen LogP contribution in [0.3, 0.4) is 0 Å². The highest BCUT2D eigenvalue weighted by Crippen LogP contribution is 2.14. The molecule has 10 heavy (non-hydrogen) atoms. The van der Waals surface area contributed by atoms with E-state index in [2.05, 4.69) is 26.1 Å². The summed E-state index contributed by atoms with van der Waals surface area (Å²) in [6, 6.07) is 0. The average molecular weight is 164 g/mol. The van der Waals surface area contributed by atoms with Crippen molar-refractivity contribution in [2.24, 2.45) is 0 Å². The summed E-state index contributed by atoms with van der Waals surface area (Å²) in [5.41, 5.74) is 0.260. The topological polar surface area (TPSA) is 12.0 Å². The highest BCUT2D eigenvalue weighted by molar-refractivity contribution is 6.17. The lowest BCUT2D eigenvalue weighted by Crippen LogP contribution is -2.41. The molecule has 1 atom stereocenters. The Morgan fingerprint density at radius 3 is 2.30 bits per heavy atom. The summed E-state index contributed by atoms with van der Waals surface area (Å²) in [5, 5.41) is 3.43. The lowest BCUT2D eigenvalue weighted by atomic mass is 9.96. The Morgan fingerprint density at radius 2 is 2.00 bits per heavy atom. The maximum Gasteiger partial charge on any atom is 0.0240 e. The normalized spacial score (nSPS) is 16.8. The molecule has 1 nitrogen and oxygen atoms in total. The molecule has 1 N–H and O–H groups in total. The molecule has 0 heterocycles. The molecular formula is C8H18ClN. The minimum Gasteiger partial charge on any atom is -0.312 e. The van der Waals surface area contributed by atoms with Crippen LogP contribution in [0.15, 0.2) is 0 Å². The summed E-state index contributed by atoms with van der Waals surface area (Å²) in [5.74, 6) is 0.747. The van der Waals surface area contributed by atoms with Gasteiger partial charge in [0, 0.05) is 11.4 Å². The standard InChI is InChI=1S/C8H18ClN/c1-4-8(3,6-7-9)10-5-2/h10H,4-7H2,1-3H3. The monoisotopic (exact) mass is 163 g/mol. The number of hydrogen-bond acceptors (Lipinski definition) is 1. The van der Waals surface area contributed by atoms with Crippen LogP contribution in [0.1, 0.15) is 33.6 Å². The molecule has 0 aromatic rings. The number of nitrogens with one attached hydrogen (secondary N) is 1. The molecule has 2 heteroatoms. The van der Waals surface area contributed by atoms with E-state index in [1.807, 2.05) is 0 Å². The molecular weight excluding hydrogens is 146 g/mol. The van der Waals surface area contributed by atoms with Crippen LogP contribution < -0.4 is 5.32 Å². The molecule has 0 spiro atoms. The molecule has 0 saturated carbocycles. The number of halogens is 1. The van der Waals surface area contributed by atoms with Crippen molar-refractivity contribution in [3.63, 3.8) is 0 Å². The maximum atomic E-state index is 5.66. The van der Waals surface area contributed by atoms with Gasteiger partial charge in [-0.1, -0.05) is 13.8 Å². The molecule has 0 rings (SSSR count). The van der Waals surface area contributed by atoms with Gasteiger partial charge in [-0.25, -0.2) is 0 Å². The predicted octanol–water partition coefficient (Wildman–Crippen LogP) is 2.39. The molecule has 0 saturated heterocycles. The predicted molar refractivity (Wildman–Crippen MR) is 47.7 cm³/mol. The third-order valence-electron chi connectivity index (χ3n) is 2.03. The molecule has 0 fully saturated rings. The highest BCUT2D eigenvalue weighted by Gasteiger charge is 2.18. The van der Waals surface area contributed by atoms with Crippen LogP contribution in [0.25, 0.3) is 0 Å². The second-order valence-electron chi connectivity index (χ2n) is 2.88. The van der Waals surface area contributed by atoms with Crippen molar-refractivity contribution in [1.29, 1.82) is 0 Å². The van der Waals surface area contributed by atoms with Crippen molar-refractivity contribution >= 4 is 11.6 Å². The van der Waals surface area contributed by atoms with E-state index in [1.165, 1.54) is 0 Å². The lowest BCUT2D eigenvalue weighted by molar-refractivity contribution is 0.341. The van der Waals surface area contributed by atoms with Gasteiger partial charge in [0.2, 0.25) is 0 Å². The van der Waals surface area contributed by atoms with Crippen LogP contribution in [0, 0.1) is 0 Å². The van der Waals surface area contributed by atoms with Crippen LogP contribution in [0.5, 0.6) is 0 Å². The van der Waals surface area contributed by atoms with Gasteiger partial charge in [-0.05, 0) is 26.3 Å². The minimum atomic E-state index is 0.260. The van der Waals surface area contributed by atoms with E-state index in [0.29, 0.717) is 0 Å². The first-order chi connectivity index (χ1) is 4.68. The smallest absolute Gasteiger partial charge is 0.0240 e. The zero-order chi connectivity index (χ0) is 8.04. The van der Waals surface area contributed by atoms with Gasteiger partial charge in [0.1, 0.15) is 0 Å². The van der Waals surface area contributed by atoms with Gasteiger partial charge in [-0.15, -0.1) is 11.6 Å². The van der Waals surface area contributed by atoms with Gasteiger partial charge in [0.25, 0.3) is 0 Å². The zero-order valence-corrected chi connectivity index (χ0v) is 7.96. The molecule has 0 bridgehead atoms. The molecule has 0 aromatic carbocycles. The number of alkyl halides is 1. The fourth-order valence-corrected chi connectivity index (χ4v) is 1.44. The van der Waals surface area contributed by atoms with E-state index in [-0.39, 0.29) is 5.54 Å². The van der Waals surface area contributed by atoms with Crippen molar-refractivity contribution in [2.75, 3.05) is 12.4 Å². The van der Waals surface area contributed by atoms with E-state index >= 15 is 0 Å². The van der Waals surface area contributed by atoms with Crippen molar-refractivity contribution in [3.05, 3.63) is 0 Å². The van der Waals surface area contributed by atoms with Gasteiger partial charge in [-0.3, -0.25) is 0 Å². The third-order valence-corrected chi connectivity index (χ3v) is 2.22. The molecule has 62 valence electrons. The Labute approximate surface area is 69.1 Å². The van der Waals surface area contributed by atoms with Gasteiger partial charge in [0.15, 0.2) is 0 Å². The fourth-order valence-electron chi connectivity index (χ4n) is 1.03. The van der Waals surface area contributed by atoms with Gasteiger partial charge in [-0.2, -0.15) is 0 Å². The minimum absolute atomic E-state index is 0.260. The van der Waals surface area contributed by atoms with E-state index < -0.39 is 0 Å². The third kappa shape index (κ3) is 3.43. The molecule has 0 aliphatic carbocycles. The maximum absolute atomic E-state index is 5.66. The Balaban J connectivity index is 3.69. The summed E-state index contributed by atoms with van der Waals surface area (Å²) in [6.07, 6.45) is 2.20. The molecule has 0 aliphatic rings. The average Bonchev–Trinajstić information content (AvgIpc) is 1.89. The SMILES string of the molecule is CCNC(C)(CC)CCCl. The molecule has 0 radical (unpaired) electrons. The molecule has 0 amide bonds. The van der Waals surface area contributed by atoms with Gasteiger partial charge < -0.3 is 5.32 Å². The first kappa shape index (κ1) is 10.2. The first-order valence-electron chi connectivity index (χ1n) is 3.99. The molecule has 0 aromatic heterocycles. The van der Waals surface area contributed by atoms with Gasteiger partial charge in [0.05, 0.1) is 0 Å². The van der Waals surface area contributed by atoms with E-state index in [0.717, 1.165) is 25.3 Å².